The number of piperazine rings is 1. The van der Waals surface area contributed by atoms with Crippen LogP contribution in [-0.4, -0.2) is 79.1 Å². The summed E-state index contributed by atoms with van der Waals surface area (Å²) in [6.45, 7) is 6.66. The van der Waals surface area contributed by atoms with E-state index in [0.717, 1.165) is 63.0 Å². The third-order valence-corrected chi connectivity index (χ3v) is 5.57. The number of nitrogens with zero attached hydrogens (tertiary/aromatic N) is 4. The summed E-state index contributed by atoms with van der Waals surface area (Å²) >= 11 is 1.74. The van der Waals surface area contributed by atoms with E-state index in [0.29, 0.717) is 6.61 Å². The van der Waals surface area contributed by atoms with Crippen molar-refractivity contribution in [3.8, 4) is 0 Å². The number of hydrogen-bond donors (Lipinski definition) is 1. The number of ether oxygens (including phenoxy) is 1. The first kappa shape index (κ1) is 21.4. The Labute approximate surface area is 176 Å². The van der Waals surface area contributed by atoms with Crippen molar-refractivity contribution < 1.29 is 9.53 Å². The molecule has 26 heavy (non-hydrogen) atoms. The monoisotopic (exact) mass is 493 g/mol. The Morgan fingerprint density at radius 2 is 2.12 bits per heavy atom. The van der Waals surface area contributed by atoms with Gasteiger partial charge in [-0.1, -0.05) is 0 Å². The minimum atomic E-state index is -0.217. The molecule has 1 unspecified atom stereocenters. The number of hydrogen-bond acceptors (Lipinski definition) is 5. The van der Waals surface area contributed by atoms with Crippen LogP contribution in [0.4, 0.5) is 0 Å². The first-order chi connectivity index (χ1) is 12.2. The number of carbonyl (C=O) groups excluding carboxylic acids is 1. The fourth-order valence-electron chi connectivity index (χ4n) is 3.25. The van der Waals surface area contributed by atoms with E-state index < -0.39 is 0 Å². The van der Waals surface area contributed by atoms with Gasteiger partial charge in [-0.05, 0) is 19.8 Å². The third kappa shape index (κ3) is 5.53. The number of aryl methyl sites for hydroxylation is 1. The average molecular weight is 493 g/mol. The number of thiazole rings is 1. The van der Waals surface area contributed by atoms with Crippen molar-refractivity contribution in [2.45, 2.75) is 32.3 Å². The largest absolute Gasteiger partial charge is 0.368 e. The highest BCUT2D eigenvalue weighted by Gasteiger charge is 2.30. The Morgan fingerprint density at radius 1 is 1.38 bits per heavy atom. The highest BCUT2D eigenvalue weighted by atomic mass is 127. The Bertz CT molecular complexity index is 610. The fraction of sp³-hybridized carbons (Fsp3) is 0.706. The van der Waals surface area contributed by atoms with Crippen LogP contribution in [0.2, 0.25) is 0 Å². The topological polar surface area (TPSA) is 70.1 Å². The summed E-state index contributed by atoms with van der Waals surface area (Å²) < 4.78 is 5.51. The Hall–Kier alpha value is -0.940. The van der Waals surface area contributed by atoms with Gasteiger partial charge in [0, 0.05) is 63.9 Å². The lowest BCUT2D eigenvalue weighted by Gasteiger charge is -2.37. The molecular formula is C17H28IN5O2S. The molecule has 146 valence electrons. The highest BCUT2D eigenvalue weighted by Crippen LogP contribution is 2.16. The highest BCUT2D eigenvalue weighted by molar-refractivity contribution is 14.0. The van der Waals surface area contributed by atoms with Crippen LogP contribution in [0.25, 0.3) is 0 Å². The van der Waals surface area contributed by atoms with Crippen LogP contribution >= 0.6 is 35.3 Å². The van der Waals surface area contributed by atoms with Crippen molar-refractivity contribution in [1.29, 1.82) is 0 Å². The maximum atomic E-state index is 12.4. The summed E-state index contributed by atoms with van der Waals surface area (Å²) in [4.78, 5) is 26.6. The van der Waals surface area contributed by atoms with E-state index in [-0.39, 0.29) is 36.0 Å². The Kier molecular flexibility index (Phi) is 8.55. The molecule has 2 saturated heterocycles. The molecule has 0 spiro atoms. The lowest BCUT2D eigenvalue weighted by atomic mass is 10.2. The molecule has 2 aliphatic heterocycles. The molecule has 3 rings (SSSR count). The van der Waals surface area contributed by atoms with Crippen LogP contribution in [-0.2, 0) is 16.0 Å². The number of halogens is 1. The average Bonchev–Trinajstić information content (AvgIpc) is 3.30. The Morgan fingerprint density at radius 3 is 2.69 bits per heavy atom. The molecule has 7 nitrogen and oxygen atoms in total. The molecule has 0 saturated carbocycles. The van der Waals surface area contributed by atoms with Crippen LogP contribution in [0.3, 0.4) is 0 Å². The van der Waals surface area contributed by atoms with E-state index >= 15 is 0 Å². The zero-order valence-electron chi connectivity index (χ0n) is 15.4. The molecular weight excluding hydrogens is 465 g/mol. The lowest BCUT2D eigenvalue weighted by Crippen LogP contribution is -2.55. The predicted octanol–water partition coefficient (Wildman–Crippen LogP) is 1.51. The van der Waals surface area contributed by atoms with Gasteiger partial charge in [0.1, 0.15) is 6.10 Å². The normalized spacial score (nSPS) is 20.8. The zero-order valence-corrected chi connectivity index (χ0v) is 18.6. The minimum absolute atomic E-state index is 0. The molecule has 0 aliphatic carbocycles. The number of guanidine groups is 1. The molecule has 0 aromatic carbocycles. The standard InChI is InChI=1S/C17H27N5O2S.HI/c1-13-12-20-15(25-13)5-6-19-17(18-2)22-9-7-21(8-10-22)16(23)14-4-3-11-24-14;/h12,14H,3-11H2,1-2H3,(H,18,19);1H. The molecule has 2 fully saturated rings. The number of rotatable bonds is 4. The van der Waals surface area contributed by atoms with E-state index in [1.807, 2.05) is 11.1 Å². The smallest absolute Gasteiger partial charge is 0.251 e. The van der Waals surface area contributed by atoms with Gasteiger partial charge in [-0.25, -0.2) is 4.98 Å². The summed E-state index contributed by atoms with van der Waals surface area (Å²) in [6.07, 6.45) is 4.45. The second-order valence-corrected chi connectivity index (χ2v) is 7.72. The molecule has 0 bridgehead atoms. The van der Waals surface area contributed by atoms with Crippen molar-refractivity contribution in [3.05, 3.63) is 16.1 Å². The van der Waals surface area contributed by atoms with Gasteiger partial charge in [0.15, 0.2) is 5.96 Å². The number of aromatic nitrogens is 1. The van der Waals surface area contributed by atoms with Crippen molar-refractivity contribution in [1.82, 2.24) is 20.1 Å². The van der Waals surface area contributed by atoms with Gasteiger partial charge in [-0.15, -0.1) is 35.3 Å². The van der Waals surface area contributed by atoms with Crippen LogP contribution in [0.1, 0.15) is 22.7 Å². The van der Waals surface area contributed by atoms with Crippen LogP contribution in [0, 0.1) is 6.92 Å². The molecule has 1 aromatic rings. The number of carbonyl (C=O) groups is 1. The summed E-state index contributed by atoms with van der Waals surface area (Å²) in [7, 11) is 1.81. The molecule has 3 heterocycles. The maximum absolute atomic E-state index is 12.4. The predicted molar refractivity (Wildman–Crippen MR) is 114 cm³/mol. The van der Waals surface area contributed by atoms with Crippen LogP contribution in [0.15, 0.2) is 11.2 Å². The third-order valence-electron chi connectivity index (χ3n) is 4.60. The molecule has 1 amide bonds. The number of aliphatic imine (C=N–C) groups is 1. The first-order valence-corrected chi connectivity index (χ1v) is 9.76. The van der Waals surface area contributed by atoms with Crippen molar-refractivity contribution in [3.63, 3.8) is 0 Å². The zero-order chi connectivity index (χ0) is 17.6. The van der Waals surface area contributed by atoms with E-state index in [4.69, 9.17) is 4.74 Å². The van der Waals surface area contributed by atoms with Gasteiger partial charge in [0.05, 0.1) is 5.01 Å². The Balaban J connectivity index is 0.00000243. The first-order valence-electron chi connectivity index (χ1n) is 8.94. The molecule has 9 heteroatoms. The molecule has 1 atom stereocenters. The van der Waals surface area contributed by atoms with Gasteiger partial charge >= 0.3 is 0 Å². The van der Waals surface area contributed by atoms with Gasteiger partial charge in [-0.2, -0.15) is 0 Å². The van der Waals surface area contributed by atoms with Gasteiger partial charge in [-0.3, -0.25) is 9.79 Å². The second kappa shape index (κ2) is 10.4. The summed E-state index contributed by atoms with van der Waals surface area (Å²) in [5.74, 6) is 1.05. The number of amides is 1. The summed E-state index contributed by atoms with van der Waals surface area (Å²) in [5.41, 5.74) is 0. The van der Waals surface area contributed by atoms with E-state index in [1.165, 1.54) is 4.88 Å². The molecule has 1 N–H and O–H groups in total. The van der Waals surface area contributed by atoms with Crippen molar-refractivity contribution in [2.75, 3.05) is 46.4 Å². The number of nitrogens with one attached hydrogen (secondary N) is 1. The molecule has 1 aromatic heterocycles. The molecule has 2 aliphatic rings. The summed E-state index contributed by atoms with van der Waals surface area (Å²) in [5, 5.41) is 4.56. The van der Waals surface area contributed by atoms with E-state index in [2.05, 4.69) is 27.1 Å². The van der Waals surface area contributed by atoms with Crippen LogP contribution < -0.4 is 5.32 Å². The molecule has 0 radical (unpaired) electrons. The minimum Gasteiger partial charge on any atom is -0.368 e. The van der Waals surface area contributed by atoms with Crippen LogP contribution in [0.5, 0.6) is 0 Å². The SMILES string of the molecule is CN=C(NCCc1ncc(C)s1)N1CCN(C(=O)C2CCCO2)CC1.I. The van der Waals surface area contributed by atoms with E-state index in [9.17, 15) is 4.79 Å². The van der Waals surface area contributed by atoms with Gasteiger partial charge in [0.2, 0.25) is 0 Å². The van der Waals surface area contributed by atoms with Gasteiger partial charge < -0.3 is 19.9 Å². The quantitative estimate of drug-likeness (QED) is 0.392. The van der Waals surface area contributed by atoms with Crippen molar-refractivity contribution >= 4 is 47.2 Å². The van der Waals surface area contributed by atoms with Gasteiger partial charge in [0.25, 0.3) is 5.91 Å². The lowest BCUT2D eigenvalue weighted by molar-refractivity contribution is -0.142. The van der Waals surface area contributed by atoms with E-state index in [1.54, 1.807) is 18.4 Å². The maximum Gasteiger partial charge on any atom is 0.251 e. The fourth-order valence-corrected chi connectivity index (χ4v) is 4.03. The summed E-state index contributed by atoms with van der Waals surface area (Å²) in [6, 6.07) is 0. The van der Waals surface area contributed by atoms with Crippen molar-refractivity contribution in [2.24, 2.45) is 4.99 Å². The second-order valence-electron chi connectivity index (χ2n) is 6.40.